The minimum Gasteiger partial charge on any atom is -0.378 e. The molecule has 0 bridgehead atoms. The zero-order chi connectivity index (χ0) is 11.8. The maximum atomic E-state index is 11.4. The van der Waals surface area contributed by atoms with E-state index in [1.54, 1.807) is 6.08 Å². The lowest BCUT2D eigenvalue weighted by molar-refractivity contribution is -0.120. The van der Waals surface area contributed by atoms with Gasteiger partial charge in [0.1, 0.15) is 0 Å². The molecule has 1 fully saturated rings. The van der Waals surface area contributed by atoms with Gasteiger partial charge in [-0.05, 0) is 12.8 Å². The van der Waals surface area contributed by atoms with Crippen LogP contribution in [0.1, 0.15) is 19.8 Å². The van der Waals surface area contributed by atoms with Crippen molar-refractivity contribution in [1.82, 2.24) is 10.6 Å². The molecule has 2 atom stereocenters. The molecule has 2 unspecified atom stereocenters. The minimum atomic E-state index is 0.0450. The molecular weight excluding hydrogens is 204 g/mol. The number of carbonyl (C=O) groups is 1. The van der Waals surface area contributed by atoms with Crippen LogP contribution in [0.4, 0.5) is 0 Å². The number of rotatable bonds is 7. The van der Waals surface area contributed by atoms with Gasteiger partial charge in [0.15, 0.2) is 0 Å². The van der Waals surface area contributed by atoms with Crippen molar-refractivity contribution in [2.75, 3.05) is 26.2 Å². The predicted octanol–water partition coefficient (Wildman–Crippen LogP) is 0.693. The zero-order valence-electron chi connectivity index (χ0n) is 10.00. The Morgan fingerprint density at radius 2 is 2.44 bits per heavy atom. The molecule has 0 radical (unpaired) electrons. The number of carbonyl (C=O) groups excluding carboxylic acids is 1. The van der Waals surface area contributed by atoms with E-state index >= 15 is 0 Å². The molecular formula is C12H22N2O2. The summed E-state index contributed by atoms with van der Waals surface area (Å²) in [6.45, 7) is 8.28. The fraction of sp³-hybridized carbons (Fsp3) is 0.750. The molecule has 0 spiro atoms. The van der Waals surface area contributed by atoms with Gasteiger partial charge in [0.05, 0.1) is 12.6 Å². The summed E-state index contributed by atoms with van der Waals surface area (Å²) in [5, 5.41) is 5.91. The van der Waals surface area contributed by atoms with Crippen molar-refractivity contribution in [3.8, 4) is 0 Å². The average Bonchev–Trinajstić information content (AvgIpc) is 2.74. The maximum Gasteiger partial charge on any atom is 0.233 e. The molecule has 0 aromatic heterocycles. The minimum absolute atomic E-state index is 0.0450. The fourth-order valence-corrected chi connectivity index (χ4v) is 1.97. The highest BCUT2D eigenvalue weighted by Crippen LogP contribution is 2.22. The zero-order valence-corrected chi connectivity index (χ0v) is 10.00. The molecule has 1 rings (SSSR count). The first-order valence-electron chi connectivity index (χ1n) is 5.97. The molecule has 0 aromatic rings. The molecule has 0 saturated carbocycles. The highest BCUT2D eigenvalue weighted by Gasteiger charge is 2.26. The van der Waals surface area contributed by atoms with Crippen molar-refractivity contribution < 1.29 is 9.53 Å². The van der Waals surface area contributed by atoms with Crippen LogP contribution in [0.2, 0.25) is 0 Å². The van der Waals surface area contributed by atoms with E-state index in [0.29, 0.717) is 25.1 Å². The Bertz CT molecular complexity index is 231. The lowest BCUT2D eigenvalue weighted by Crippen LogP contribution is -2.38. The summed E-state index contributed by atoms with van der Waals surface area (Å²) >= 11 is 0. The second-order valence-electron chi connectivity index (χ2n) is 4.09. The Labute approximate surface area is 97.4 Å². The van der Waals surface area contributed by atoms with Crippen LogP contribution in [-0.2, 0) is 9.53 Å². The first-order valence-corrected chi connectivity index (χ1v) is 5.97. The molecule has 1 heterocycles. The van der Waals surface area contributed by atoms with E-state index in [4.69, 9.17) is 4.74 Å². The standard InChI is InChI=1S/C12H22N2O2/c1-3-6-13-9-12(15)14-8-10-5-7-16-11(10)4-2/h3,10-11,13H,1,4-9H2,2H3,(H,14,15). The quantitative estimate of drug-likeness (QED) is 0.496. The second kappa shape index (κ2) is 7.41. The topological polar surface area (TPSA) is 50.4 Å². The second-order valence-corrected chi connectivity index (χ2v) is 4.09. The van der Waals surface area contributed by atoms with Gasteiger partial charge in [-0.3, -0.25) is 4.79 Å². The Hall–Kier alpha value is -0.870. The van der Waals surface area contributed by atoms with Crippen LogP contribution in [0.15, 0.2) is 12.7 Å². The van der Waals surface area contributed by atoms with Gasteiger partial charge in [0.2, 0.25) is 5.91 Å². The van der Waals surface area contributed by atoms with Crippen LogP contribution < -0.4 is 10.6 Å². The molecule has 4 heteroatoms. The molecule has 1 amide bonds. The Morgan fingerprint density at radius 1 is 1.62 bits per heavy atom. The summed E-state index contributed by atoms with van der Waals surface area (Å²) in [6, 6.07) is 0. The molecule has 1 saturated heterocycles. The maximum absolute atomic E-state index is 11.4. The van der Waals surface area contributed by atoms with E-state index in [1.165, 1.54) is 0 Å². The van der Waals surface area contributed by atoms with E-state index in [1.807, 2.05) is 0 Å². The van der Waals surface area contributed by atoms with E-state index in [9.17, 15) is 4.79 Å². The number of hydrogen-bond donors (Lipinski definition) is 2. The van der Waals surface area contributed by atoms with Crippen molar-refractivity contribution in [3.63, 3.8) is 0 Å². The molecule has 92 valence electrons. The van der Waals surface area contributed by atoms with Gasteiger partial charge in [0, 0.05) is 25.6 Å². The number of nitrogens with one attached hydrogen (secondary N) is 2. The van der Waals surface area contributed by atoms with Crippen LogP contribution >= 0.6 is 0 Å². The predicted molar refractivity (Wildman–Crippen MR) is 64.2 cm³/mol. The number of hydrogen-bond acceptors (Lipinski definition) is 3. The molecule has 1 aliphatic rings. The van der Waals surface area contributed by atoms with E-state index in [-0.39, 0.29) is 5.91 Å². The summed E-state index contributed by atoms with van der Waals surface area (Å²) in [4.78, 5) is 11.4. The van der Waals surface area contributed by atoms with Crippen LogP contribution in [0.5, 0.6) is 0 Å². The van der Waals surface area contributed by atoms with Crippen molar-refractivity contribution in [2.45, 2.75) is 25.9 Å². The summed E-state index contributed by atoms with van der Waals surface area (Å²) < 4.78 is 5.57. The van der Waals surface area contributed by atoms with Crippen LogP contribution in [0.3, 0.4) is 0 Å². The Kier molecular flexibility index (Phi) is 6.11. The van der Waals surface area contributed by atoms with E-state index < -0.39 is 0 Å². The molecule has 4 nitrogen and oxygen atoms in total. The highest BCUT2D eigenvalue weighted by atomic mass is 16.5. The van der Waals surface area contributed by atoms with Crippen LogP contribution in [0, 0.1) is 5.92 Å². The summed E-state index contributed by atoms with van der Waals surface area (Å²) in [7, 11) is 0. The molecule has 0 aromatic carbocycles. The molecule has 1 aliphatic heterocycles. The van der Waals surface area contributed by atoms with Crippen LogP contribution in [-0.4, -0.2) is 38.3 Å². The highest BCUT2D eigenvalue weighted by molar-refractivity contribution is 5.77. The van der Waals surface area contributed by atoms with E-state index in [0.717, 1.165) is 26.0 Å². The number of ether oxygens (including phenoxy) is 1. The van der Waals surface area contributed by atoms with E-state index in [2.05, 4.69) is 24.1 Å². The van der Waals surface area contributed by atoms with Gasteiger partial charge in [-0.1, -0.05) is 13.0 Å². The lowest BCUT2D eigenvalue weighted by atomic mass is 10.00. The Morgan fingerprint density at radius 3 is 3.12 bits per heavy atom. The van der Waals surface area contributed by atoms with Crippen molar-refractivity contribution >= 4 is 5.91 Å². The van der Waals surface area contributed by atoms with Gasteiger partial charge < -0.3 is 15.4 Å². The lowest BCUT2D eigenvalue weighted by Gasteiger charge is -2.17. The summed E-state index contributed by atoms with van der Waals surface area (Å²) in [5.41, 5.74) is 0. The first kappa shape index (κ1) is 13.2. The van der Waals surface area contributed by atoms with Gasteiger partial charge in [-0.2, -0.15) is 0 Å². The number of amides is 1. The fourth-order valence-electron chi connectivity index (χ4n) is 1.97. The van der Waals surface area contributed by atoms with Gasteiger partial charge >= 0.3 is 0 Å². The molecule has 2 N–H and O–H groups in total. The third-order valence-electron chi connectivity index (χ3n) is 2.88. The Balaban J connectivity index is 2.13. The van der Waals surface area contributed by atoms with Crippen molar-refractivity contribution in [1.29, 1.82) is 0 Å². The van der Waals surface area contributed by atoms with Crippen molar-refractivity contribution in [2.24, 2.45) is 5.92 Å². The van der Waals surface area contributed by atoms with Crippen LogP contribution in [0.25, 0.3) is 0 Å². The van der Waals surface area contributed by atoms with Gasteiger partial charge in [-0.25, -0.2) is 0 Å². The third-order valence-corrected chi connectivity index (χ3v) is 2.88. The smallest absolute Gasteiger partial charge is 0.233 e. The monoisotopic (exact) mass is 226 g/mol. The third kappa shape index (κ3) is 4.33. The summed E-state index contributed by atoms with van der Waals surface area (Å²) in [5.74, 6) is 0.525. The SMILES string of the molecule is C=CCNCC(=O)NCC1CCOC1CC. The normalized spacial score (nSPS) is 24.3. The van der Waals surface area contributed by atoms with Gasteiger partial charge in [0.25, 0.3) is 0 Å². The van der Waals surface area contributed by atoms with Crippen molar-refractivity contribution in [3.05, 3.63) is 12.7 Å². The first-order chi connectivity index (χ1) is 7.77. The summed E-state index contributed by atoms with van der Waals surface area (Å²) in [6.07, 6.45) is 4.14. The van der Waals surface area contributed by atoms with Gasteiger partial charge in [-0.15, -0.1) is 6.58 Å². The average molecular weight is 226 g/mol. The largest absolute Gasteiger partial charge is 0.378 e. The molecule has 16 heavy (non-hydrogen) atoms. The molecule has 0 aliphatic carbocycles.